The lowest BCUT2D eigenvalue weighted by Crippen LogP contribution is -2.27. The van der Waals surface area contributed by atoms with Crippen LogP contribution in [0.15, 0.2) is 42.9 Å². The highest BCUT2D eigenvalue weighted by Gasteiger charge is 2.18. The summed E-state index contributed by atoms with van der Waals surface area (Å²) in [6.45, 7) is 5.98. The van der Waals surface area contributed by atoms with Gasteiger partial charge >= 0.3 is 12.2 Å². The Morgan fingerprint density at radius 2 is 1.92 bits per heavy atom. The molecule has 0 aliphatic carbocycles. The van der Waals surface area contributed by atoms with Crippen LogP contribution in [0, 0.1) is 0 Å². The van der Waals surface area contributed by atoms with E-state index in [-0.39, 0.29) is 6.61 Å². The molecule has 0 atom stereocenters. The van der Waals surface area contributed by atoms with E-state index >= 15 is 0 Å². The molecule has 0 spiro atoms. The van der Waals surface area contributed by atoms with Gasteiger partial charge in [0, 0.05) is 19.2 Å². The highest BCUT2D eigenvalue weighted by atomic mass is 16.6. The number of carbonyl (C=O) groups is 2. The average molecular weight is 345 g/mol. The zero-order valence-electron chi connectivity index (χ0n) is 14.7. The Hall–Kier alpha value is -2.83. The molecule has 1 amide bonds. The van der Waals surface area contributed by atoms with Crippen LogP contribution in [0.5, 0.6) is 0 Å². The fourth-order valence-corrected chi connectivity index (χ4v) is 1.97. The maximum atomic E-state index is 11.9. The SMILES string of the molecule is CC(C)(C)OC(=O)n1cnc(CCNC(=O)OCc2ccccc2)c1. The fourth-order valence-electron chi connectivity index (χ4n) is 1.97. The number of rotatable bonds is 5. The third-order valence-electron chi connectivity index (χ3n) is 3.10. The molecule has 0 fully saturated rings. The molecule has 0 aliphatic heterocycles. The zero-order chi connectivity index (χ0) is 18.3. The van der Waals surface area contributed by atoms with E-state index in [4.69, 9.17) is 9.47 Å². The van der Waals surface area contributed by atoms with Gasteiger partial charge in [-0.25, -0.2) is 19.1 Å². The molecule has 134 valence electrons. The van der Waals surface area contributed by atoms with Crippen molar-refractivity contribution in [3.05, 3.63) is 54.1 Å². The summed E-state index contributed by atoms with van der Waals surface area (Å²) in [5.74, 6) is 0. The quantitative estimate of drug-likeness (QED) is 0.900. The highest BCUT2D eigenvalue weighted by molar-refractivity contribution is 5.70. The second-order valence-electron chi connectivity index (χ2n) is 6.49. The van der Waals surface area contributed by atoms with Gasteiger partial charge in [-0.3, -0.25) is 0 Å². The van der Waals surface area contributed by atoms with Crippen LogP contribution in [0.4, 0.5) is 9.59 Å². The van der Waals surface area contributed by atoms with Crippen molar-refractivity contribution < 1.29 is 19.1 Å². The van der Waals surface area contributed by atoms with E-state index in [9.17, 15) is 9.59 Å². The summed E-state index contributed by atoms with van der Waals surface area (Å²) in [6, 6.07) is 9.45. The Labute approximate surface area is 147 Å². The first kappa shape index (κ1) is 18.5. The van der Waals surface area contributed by atoms with E-state index in [1.54, 1.807) is 27.0 Å². The number of hydrogen-bond acceptors (Lipinski definition) is 5. The molecule has 2 rings (SSSR count). The van der Waals surface area contributed by atoms with Gasteiger partial charge in [0.15, 0.2) is 0 Å². The Kier molecular flexibility index (Phi) is 6.16. The standard InChI is InChI=1S/C18H23N3O4/c1-18(2,3)25-17(23)21-11-15(20-13-21)9-10-19-16(22)24-12-14-7-5-4-6-8-14/h4-8,11,13H,9-10,12H2,1-3H3,(H,19,22). The van der Waals surface area contributed by atoms with E-state index in [0.29, 0.717) is 18.7 Å². The number of carbonyl (C=O) groups excluding carboxylic acids is 2. The van der Waals surface area contributed by atoms with Gasteiger partial charge in [0.2, 0.25) is 0 Å². The number of amides is 1. The summed E-state index contributed by atoms with van der Waals surface area (Å²) in [5.41, 5.74) is 1.04. The van der Waals surface area contributed by atoms with Crippen molar-refractivity contribution in [3.8, 4) is 0 Å². The van der Waals surface area contributed by atoms with Crippen molar-refractivity contribution in [1.29, 1.82) is 0 Å². The lowest BCUT2D eigenvalue weighted by Gasteiger charge is -2.19. The van der Waals surface area contributed by atoms with E-state index in [2.05, 4.69) is 10.3 Å². The second-order valence-corrected chi connectivity index (χ2v) is 6.49. The maximum absolute atomic E-state index is 11.9. The minimum absolute atomic E-state index is 0.222. The van der Waals surface area contributed by atoms with Gasteiger partial charge in [-0.15, -0.1) is 0 Å². The van der Waals surface area contributed by atoms with Gasteiger partial charge in [0.05, 0.1) is 5.69 Å². The molecule has 1 heterocycles. The molecule has 0 radical (unpaired) electrons. The van der Waals surface area contributed by atoms with E-state index < -0.39 is 17.8 Å². The summed E-state index contributed by atoms with van der Waals surface area (Å²) < 4.78 is 11.6. The Morgan fingerprint density at radius 1 is 1.20 bits per heavy atom. The minimum Gasteiger partial charge on any atom is -0.445 e. The van der Waals surface area contributed by atoms with E-state index in [1.165, 1.54) is 10.9 Å². The first-order chi connectivity index (χ1) is 11.8. The third kappa shape index (κ3) is 6.66. The van der Waals surface area contributed by atoms with E-state index in [0.717, 1.165) is 5.56 Å². The number of aromatic nitrogens is 2. The normalized spacial score (nSPS) is 11.0. The van der Waals surface area contributed by atoms with Crippen molar-refractivity contribution in [2.24, 2.45) is 0 Å². The number of imidazole rings is 1. The molecule has 0 bridgehead atoms. The van der Waals surface area contributed by atoms with Gasteiger partial charge in [-0.1, -0.05) is 30.3 Å². The minimum atomic E-state index is -0.564. The summed E-state index contributed by atoms with van der Waals surface area (Å²) >= 11 is 0. The van der Waals surface area contributed by atoms with Crippen LogP contribution in [0.1, 0.15) is 32.0 Å². The summed E-state index contributed by atoms with van der Waals surface area (Å²) in [5, 5.41) is 2.65. The molecule has 1 aromatic heterocycles. The number of alkyl carbamates (subject to hydrolysis) is 1. The van der Waals surface area contributed by atoms with Gasteiger partial charge in [0.25, 0.3) is 0 Å². The molecular weight excluding hydrogens is 322 g/mol. The first-order valence-corrected chi connectivity index (χ1v) is 8.04. The molecule has 1 N–H and O–H groups in total. The molecule has 2 aromatic rings. The molecular formula is C18H23N3O4. The van der Waals surface area contributed by atoms with Crippen LogP contribution in [0.2, 0.25) is 0 Å². The number of hydrogen-bond donors (Lipinski definition) is 1. The van der Waals surface area contributed by atoms with Crippen molar-refractivity contribution >= 4 is 12.2 Å². The van der Waals surface area contributed by atoms with Crippen molar-refractivity contribution in [3.63, 3.8) is 0 Å². The number of nitrogens with zero attached hydrogens (tertiary/aromatic N) is 2. The van der Waals surface area contributed by atoms with Crippen LogP contribution in [-0.4, -0.2) is 33.9 Å². The molecule has 25 heavy (non-hydrogen) atoms. The van der Waals surface area contributed by atoms with Crippen LogP contribution >= 0.6 is 0 Å². The Bertz CT molecular complexity index is 705. The lowest BCUT2D eigenvalue weighted by molar-refractivity contribution is 0.0536. The van der Waals surface area contributed by atoms with Crippen molar-refractivity contribution in [2.75, 3.05) is 6.54 Å². The van der Waals surface area contributed by atoms with Crippen LogP contribution in [0.3, 0.4) is 0 Å². The average Bonchev–Trinajstić information content (AvgIpc) is 3.01. The predicted octanol–water partition coefficient (Wildman–Crippen LogP) is 3.14. The molecule has 0 aliphatic rings. The van der Waals surface area contributed by atoms with Gasteiger partial charge < -0.3 is 14.8 Å². The topological polar surface area (TPSA) is 82.5 Å². The predicted molar refractivity (Wildman–Crippen MR) is 92.2 cm³/mol. The molecule has 0 unspecified atom stereocenters. The Balaban J connectivity index is 1.71. The molecule has 0 saturated carbocycles. The number of ether oxygens (including phenoxy) is 2. The second kappa shape index (κ2) is 8.32. The molecule has 1 aromatic carbocycles. The van der Waals surface area contributed by atoms with Crippen molar-refractivity contribution in [2.45, 2.75) is 39.4 Å². The van der Waals surface area contributed by atoms with Crippen LogP contribution in [-0.2, 0) is 22.5 Å². The third-order valence-corrected chi connectivity index (χ3v) is 3.10. The summed E-state index contributed by atoms with van der Waals surface area (Å²) in [4.78, 5) is 27.7. The van der Waals surface area contributed by atoms with E-state index in [1.807, 2.05) is 30.3 Å². The zero-order valence-corrected chi connectivity index (χ0v) is 14.7. The highest BCUT2D eigenvalue weighted by Crippen LogP contribution is 2.09. The van der Waals surface area contributed by atoms with Crippen molar-refractivity contribution in [1.82, 2.24) is 14.9 Å². The van der Waals surface area contributed by atoms with Crippen LogP contribution in [0.25, 0.3) is 0 Å². The molecule has 7 heteroatoms. The number of nitrogens with one attached hydrogen (secondary N) is 1. The number of benzene rings is 1. The fraction of sp³-hybridized carbons (Fsp3) is 0.389. The first-order valence-electron chi connectivity index (χ1n) is 8.04. The lowest BCUT2D eigenvalue weighted by atomic mass is 10.2. The monoisotopic (exact) mass is 345 g/mol. The van der Waals surface area contributed by atoms with Crippen LogP contribution < -0.4 is 5.32 Å². The van der Waals surface area contributed by atoms with Gasteiger partial charge in [0.1, 0.15) is 18.5 Å². The Morgan fingerprint density at radius 3 is 2.60 bits per heavy atom. The summed E-state index contributed by atoms with van der Waals surface area (Å²) in [6.07, 6.45) is 2.50. The molecule has 0 saturated heterocycles. The molecule has 7 nitrogen and oxygen atoms in total. The van der Waals surface area contributed by atoms with Gasteiger partial charge in [-0.2, -0.15) is 0 Å². The largest absolute Gasteiger partial charge is 0.445 e. The smallest absolute Gasteiger partial charge is 0.419 e. The maximum Gasteiger partial charge on any atom is 0.419 e. The summed E-state index contributed by atoms with van der Waals surface area (Å²) in [7, 11) is 0. The van der Waals surface area contributed by atoms with Gasteiger partial charge in [-0.05, 0) is 26.3 Å².